The van der Waals surface area contributed by atoms with Crippen molar-refractivity contribution in [1.29, 1.82) is 0 Å². The standard InChI is InChI=1S/C20H22FNO2/c1-24-20(23)19-14-22(12-15-6-3-2-4-7-15)13-18(19)17-9-5-8-16(10-17)11-21/h2-10,18-19H,11-14H2,1H3. The van der Waals surface area contributed by atoms with Gasteiger partial charge in [-0.3, -0.25) is 9.69 Å². The number of rotatable bonds is 5. The second kappa shape index (κ2) is 7.58. The highest BCUT2D eigenvalue weighted by Gasteiger charge is 2.39. The highest BCUT2D eigenvalue weighted by molar-refractivity contribution is 5.74. The van der Waals surface area contributed by atoms with Crippen LogP contribution in [-0.2, 0) is 22.8 Å². The first-order valence-electron chi connectivity index (χ1n) is 8.20. The molecular weight excluding hydrogens is 305 g/mol. The zero-order valence-corrected chi connectivity index (χ0v) is 13.8. The summed E-state index contributed by atoms with van der Waals surface area (Å²) < 4.78 is 18.0. The molecule has 0 aliphatic carbocycles. The largest absolute Gasteiger partial charge is 0.469 e. The van der Waals surface area contributed by atoms with E-state index in [1.54, 1.807) is 6.07 Å². The van der Waals surface area contributed by atoms with E-state index in [4.69, 9.17) is 4.74 Å². The first kappa shape index (κ1) is 16.7. The molecule has 2 aromatic carbocycles. The van der Waals surface area contributed by atoms with Crippen molar-refractivity contribution in [3.8, 4) is 0 Å². The third-order valence-electron chi connectivity index (χ3n) is 4.68. The van der Waals surface area contributed by atoms with Crippen molar-refractivity contribution in [1.82, 2.24) is 4.90 Å². The maximum absolute atomic E-state index is 13.0. The molecule has 3 rings (SSSR count). The Kier molecular flexibility index (Phi) is 5.26. The number of nitrogens with zero attached hydrogens (tertiary/aromatic N) is 1. The SMILES string of the molecule is COC(=O)C1CN(Cc2ccccc2)CC1c1cccc(CF)c1. The van der Waals surface area contributed by atoms with E-state index in [0.717, 1.165) is 18.7 Å². The molecule has 2 atom stereocenters. The van der Waals surface area contributed by atoms with Crippen molar-refractivity contribution < 1.29 is 13.9 Å². The molecule has 0 saturated carbocycles. The number of carbonyl (C=O) groups excluding carboxylic acids is 1. The Labute approximate surface area is 142 Å². The fraction of sp³-hybridized carbons (Fsp3) is 0.350. The molecule has 2 unspecified atom stereocenters. The lowest BCUT2D eigenvalue weighted by Gasteiger charge is -2.17. The maximum Gasteiger partial charge on any atom is 0.310 e. The Hall–Kier alpha value is -2.20. The molecule has 0 bridgehead atoms. The van der Waals surface area contributed by atoms with Crippen LogP contribution in [-0.4, -0.2) is 31.1 Å². The van der Waals surface area contributed by atoms with Gasteiger partial charge in [-0.25, -0.2) is 4.39 Å². The summed E-state index contributed by atoms with van der Waals surface area (Å²) in [5.41, 5.74) is 2.88. The van der Waals surface area contributed by atoms with Crippen molar-refractivity contribution in [2.45, 2.75) is 19.1 Å². The van der Waals surface area contributed by atoms with Gasteiger partial charge in [0.25, 0.3) is 0 Å². The molecular formula is C20H22FNO2. The van der Waals surface area contributed by atoms with E-state index < -0.39 is 6.67 Å². The Bertz CT molecular complexity index is 689. The fourth-order valence-electron chi connectivity index (χ4n) is 3.49. The van der Waals surface area contributed by atoms with Crippen LogP contribution >= 0.6 is 0 Å². The van der Waals surface area contributed by atoms with Gasteiger partial charge in [-0.2, -0.15) is 0 Å². The van der Waals surface area contributed by atoms with Crippen LogP contribution in [0.15, 0.2) is 54.6 Å². The van der Waals surface area contributed by atoms with Gasteiger partial charge in [0.15, 0.2) is 0 Å². The summed E-state index contributed by atoms with van der Waals surface area (Å²) in [4.78, 5) is 14.5. The topological polar surface area (TPSA) is 29.5 Å². The minimum atomic E-state index is -0.489. The van der Waals surface area contributed by atoms with Crippen LogP contribution < -0.4 is 0 Å². The second-order valence-corrected chi connectivity index (χ2v) is 6.29. The zero-order chi connectivity index (χ0) is 16.9. The smallest absolute Gasteiger partial charge is 0.310 e. The molecule has 0 N–H and O–H groups in total. The molecule has 0 aromatic heterocycles. The van der Waals surface area contributed by atoms with Crippen molar-refractivity contribution in [3.05, 3.63) is 71.3 Å². The van der Waals surface area contributed by atoms with E-state index in [0.29, 0.717) is 12.1 Å². The maximum atomic E-state index is 13.0. The number of methoxy groups -OCH3 is 1. The average molecular weight is 327 g/mol. The first-order chi connectivity index (χ1) is 11.7. The summed E-state index contributed by atoms with van der Waals surface area (Å²) in [5.74, 6) is -0.373. The van der Waals surface area contributed by atoms with Gasteiger partial charge in [-0.1, -0.05) is 54.6 Å². The zero-order valence-electron chi connectivity index (χ0n) is 13.8. The van der Waals surface area contributed by atoms with Crippen LogP contribution in [0.25, 0.3) is 0 Å². The Balaban J connectivity index is 1.81. The van der Waals surface area contributed by atoms with Crippen LogP contribution in [0.1, 0.15) is 22.6 Å². The summed E-state index contributed by atoms with van der Waals surface area (Å²) in [5, 5.41) is 0. The molecule has 1 aliphatic heterocycles. The molecule has 24 heavy (non-hydrogen) atoms. The molecule has 4 heteroatoms. The Morgan fingerprint density at radius 1 is 1.12 bits per heavy atom. The van der Waals surface area contributed by atoms with Gasteiger partial charge in [0.2, 0.25) is 0 Å². The molecule has 1 fully saturated rings. The van der Waals surface area contributed by atoms with Crippen molar-refractivity contribution in [2.75, 3.05) is 20.2 Å². The third kappa shape index (κ3) is 3.65. The molecule has 0 amide bonds. The highest BCUT2D eigenvalue weighted by Crippen LogP contribution is 2.34. The third-order valence-corrected chi connectivity index (χ3v) is 4.68. The van der Waals surface area contributed by atoms with E-state index in [-0.39, 0.29) is 17.8 Å². The van der Waals surface area contributed by atoms with Crippen molar-refractivity contribution >= 4 is 5.97 Å². The summed E-state index contributed by atoms with van der Waals surface area (Å²) in [6.07, 6.45) is 0. The van der Waals surface area contributed by atoms with Gasteiger partial charge in [0.05, 0.1) is 13.0 Å². The molecule has 1 saturated heterocycles. The number of alkyl halides is 1. The molecule has 3 nitrogen and oxygen atoms in total. The summed E-state index contributed by atoms with van der Waals surface area (Å²) in [7, 11) is 1.43. The molecule has 0 spiro atoms. The number of carbonyl (C=O) groups is 1. The van der Waals surface area contributed by atoms with Crippen LogP contribution in [0.4, 0.5) is 4.39 Å². The number of ether oxygens (including phenoxy) is 1. The molecule has 126 valence electrons. The quantitative estimate of drug-likeness (QED) is 0.787. The number of hydrogen-bond acceptors (Lipinski definition) is 3. The number of esters is 1. The van der Waals surface area contributed by atoms with E-state index in [2.05, 4.69) is 17.0 Å². The van der Waals surface area contributed by atoms with E-state index in [1.807, 2.05) is 36.4 Å². The molecule has 1 heterocycles. The minimum Gasteiger partial charge on any atom is -0.469 e. The Morgan fingerprint density at radius 2 is 1.88 bits per heavy atom. The van der Waals surface area contributed by atoms with Crippen LogP contribution in [0.5, 0.6) is 0 Å². The van der Waals surface area contributed by atoms with Gasteiger partial charge in [0, 0.05) is 25.6 Å². The average Bonchev–Trinajstić information content (AvgIpc) is 3.05. The number of halogens is 1. The first-order valence-corrected chi connectivity index (χ1v) is 8.20. The lowest BCUT2D eigenvalue weighted by atomic mass is 9.88. The number of benzene rings is 2. The predicted octanol–water partition coefficient (Wildman–Crippen LogP) is 3.54. The molecule has 0 radical (unpaired) electrons. The highest BCUT2D eigenvalue weighted by atomic mass is 19.1. The normalized spacial score (nSPS) is 20.9. The van der Waals surface area contributed by atoms with E-state index >= 15 is 0 Å². The summed E-state index contributed by atoms with van der Waals surface area (Å²) in [6.45, 7) is 1.74. The van der Waals surface area contributed by atoms with Gasteiger partial charge in [-0.15, -0.1) is 0 Å². The minimum absolute atomic E-state index is 0.0349. The van der Waals surface area contributed by atoms with Crippen LogP contribution in [0.2, 0.25) is 0 Å². The van der Waals surface area contributed by atoms with Gasteiger partial charge in [0.1, 0.15) is 6.67 Å². The van der Waals surface area contributed by atoms with Crippen molar-refractivity contribution in [3.63, 3.8) is 0 Å². The lowest BCUT2D eigenvalue weighted by molar-refractivity contribution is -0.145. The lowest BCUT2D eigenvalue weighted by Crippen LogP contribution is -2.24. The van der Waals surface area contributed by atoms with Crippen molar-refractivity contribution in [2.24, 2.45) is 5.92 Å². The van der Waals surface area contributed by atoms with Crippen LogP contribution in [0.3, 0.4) is 0 Å². The summed E-state index contributed by atoms with van der Waals surface area (Å²) in [6, 6.07) is 17.7. The summed E-state index contributed by atoms with van der Waals surface area (Å²) >= 11 is 0. The second-order valence-electron chi connectivity index (χ2n) is 6.29. The van der Waals surface area contributed by atoms with Crippen LogP contribution in [0, 0.1) is 5.92 Å². The fourth-order valence-corrected chi connectivity index (χ4v) is 3.49. The number of hydrogen-bond donors (Lipinski definition) is 0. The number of likely N-dealkylation sites (tertiary alicyclic amines) is 1. The molecule has 2 aromatic rings. The van der Waals surface area contributed by atoms with Gasteiger partial charge in [-0.05, 0) is 16.7 Å². The van der Waals surface area contributed by atoms with E-state index in [9.17, 15) is 9.18 Å². The van der Waals surface area contributed by atoms with E-state index in [1.165, 1.54) is 12.7 Å². The predicted molar refractivity (Wildman–Crippen MR) is 91.2 cm³/mol. The van der Waals surface area contributed by atoms with Gasteiger partial charge < -0.3 is 4.74 Å². The molecule has 1 aliphatic rings. The monoisotopic (exact) mass is 327 g/mol. The van der Waals surface area contributed by atoms with Gasteiger partial charge >= 0.3 is 5.97 Å². The Morgan fingerprint density at radius 3 is 2.58 bits per heavy atom.